The van der Waals surface area contributed by atoms with Crippen LogP contribution in [-0.4, -0.2) is 38.1 Å². The van der Waals surface area contributed by atoms with E-state index in [0.29, 0.717) is 6.54 Å². The molecule has 0 spiro atoms. The number of hydrogen-bond donors (Lipinski definition) is 1. The number of aliphatic imine (C=N–C) groups is 1. The van der Waals surface area contributed by atoms with Gasteiger partial charge in [0.2, 0.25) is 0 Å². The first-order valence-electron chi connectivity index (χ1n) is 7.45. The van der Waals surface area contributed by atoms with E-state index in [-0.39, 0.29) is 0 Å². The summed E-state index contributed by atoms with van der Waals surface area (Å²) in [5.74, 6) is 1.80. The van der Waals surface area contributed by atoms with Crippen molar-refractivity contribution in [2.75, 3.05) is 27.2 Å². The van der Waals surface area contributed by atoms with Gasteiger partial charge in [0.1, 0.15) is 5.75 Å². The van der Waals surface area contributed by atoms with Crippen molar-refractivity contribution in [2.45, 2.75) is 26.3 Å². The third-order valence-electron chi connectivity index (χ3n) is 3.19. The Labute approximate surface area is 128 Å². The van der Waals surface area contributed by atoms with Crippen LogP contribution in [0.15, 0.2) is 41.9 Å². The fraction of sp³-hybridized carbons (Fsp3) is 0.471. The number of hydrogen-bond acceptors (Lipinski definition) is 2. The lowest BCUT2D eigenvalue weighted by Gasteiger charge is -2.22. The second-order valence-corrected chi connectivity index (χ2v) is 4.83. The van der Waals surface area contributed by atoms with Gasteiger partial charge in [-0.3, -0.25) is 0 Å². The Morgan fingerprint density at radius 3 is 2.86 bits per heavy atom. The molecular weight excluding hydrogens is 262 g/mol. The molecule has 1 rings (SSSR count). The van der Waals surface area contributed by atoms with Crippen molar-refractivity contribution in [2.24, 2.45) is 4.99 Å². The molecular formula is C17H27N3O. The highest BCUT2D eigenvalue weighted by Crippen LogP contribution is 2.18. The first kappa shape index (κ1) is 17.1. The molecule has 1 N–H and O–H groups in total. The Balaban J connectivity index is 2.72. The van der Waals surface area contributed by atoms with Crippen molar-refractivity contribution >= 4 is 5.96 Å². The van der Waals surface area contributed by atoms with Crippen LogP contribution < -0.4 is 10.1 Å². The summed E-state index contributed by atoms with van der Waals surface area (Å²) in [4.78, 5) is 6.85. The quantitative estimate of drug-likeness (QED) is 0.346. The fourth-order valence-electron chi connectivity index (χ4n) is 2.04. The summed E-state index contributed by atoms with van der Waals surface area (Å²) < 4.78 is 5.36. The Morgan fingerprint density at radius 2 is 2.19 bits per heavy atom. The molecule has 0 heterocycles. The third-order valence-corrected chi connectivity index (χ3v) is 3.19. The largest absolute Gasteiger partial charge is 0.496 e. The molecule has 21 heavy (non-hydrogen) atoms. The van der Waals surface area contributed by atoms with Crippen LogP contribution in [0.4, 0.5) is 0 Å². The maximum Gasteiger partial charge on any atom is 0.193 e. The number of nitrogens with zero attached hydrogens (tertiary/aromatic N) is 2. The molecule has 0 bridgehead atoms. The van der Waals surface area contributed by atoms with E-state index in [2.05, 4.69) is 30.8 Å². The molecule has 0 aliphatic carbocycles. The Hall–Kier alpha value is -1.97. The number of methoxy groups -OCH3 is 1. The lowest BCUT2D eigenvalue weighted by molar-refractivity contribution is 0.409. The summed E-state index contributed by atoms with van der Waals surface area (Å²) in [6.45, 7) is 8.26. The maximum atomic E-state index is 5.36. The van der Waals surface area contributed by atoms with Gasteiger partial charge in [-0.05, 0) is 25.8 Å². The molecule has 116 valence electrons. The lowest BCUT2D eigenvalue weighted by atomic mass is 10.2. The van der Waals surface area contributed by atoms with Gasteiger partial charge in [0.05, 0.1) is 13.7 Å². The molecule has 0 aliphatic heterocycles. The van der Waals surface area contributed by atoms with Crippen LogP contribution in [0.3, 0.4) is 0 Å². The summed E-state index contributed by atoms with van der Waals surface area (Å²) in [6.07, 6.45) is 4.06. The van der Waals surface area contributed by atoms with E-state index in [1.807, 2.05) is 30.3 Å². The van der Waals surface area contributed by atoms with Crippen LogP contribution in [-0.2, 0) is 6.54 Å². The Bertz CT molecular complexity index is 457. The molecule has 1 aromatic carbocycles. The van der Waals surface area contributed by atoms with E-state index < -0.39 is 0 Å². The molecule has 0 saturated heterocycles. The Morgan fingerprint density at radius 1 is 1.43 bits per heavy atom. The summed E-state index contributed by atoms with van der Waals surface area (Å²) in [6, 6.07) is 7.99. The number of para-hydroxylation sites is 1. The van der Waals surface area contributed by atoms with Crippen molar-refractivity contribution in [3.8, 4) is 5.75 Å². The summed E-state index contributed by atoms with van der Waals surface area (Å²) >= 11 is 0. The normalized spacial score (nSPS) is 11.1. The number of unbranched alkanes of at least 4 members (excludes halogenated alkanes) is 1. The number of allylic oxidation sites excluding steroid dienone is 1. The standard InChI is InChI=1S/C17H27N3O/c1-5-7-10-13-20(3)17(18-6-2)19-14-15-11-8-9-12-16(15)21-4/h5,8-9,11-12H,1,6-7,10,13-14H2,2-4H3,(H,18,19). The van der Waals surface area contributed by atoms with Gasteiger partial charge in [-0.25, -0.2) is 4.99 Å². The van der Waals surface area contributed by atoms with Gasteiger partial charge < -0.3 is 15.0 Å². The van der Waals surface area contributed by atoms with E-state index >= 15 is 0 Å². The number of guanidine groups is 1. The topological polar surface area (TPSA) is 36.9 Å². The Kier molecular flexibility index (Phi) is 8.02. The molecule has 4 nitrogen and oxygen atoms in total. The predicted octanol–water partition coefficient (Wildman–Crippen LogP) is 3.06. The molecule has 0 radical (unpaired) electrons. The molecule has 0 saturated carbocycles. The average molecular weight is 289 g/mol. The molecule has 0 amide bonds. The summed E-state index contributed by atoms with van der Waals surface area (Å²) in [5, 5.41) is 3.33. The van der Waals surface area contributed by atoms with Gasteiger partial charge >= 0.3 is 0 Å². The first-order valence-corrected chi connectivity index (χ1v) is 7.45. The fourth-order valence-corrected chi connectivity index (χ4v) is 2.04. The number of ether oxygens (including phenoxy) is 1. The zero-order valence-electron chi connectivity index (χ0n) is 13.4. The lowest BCUT2D eigenvalue weighted by Crippen LogP contribution is -2.39. The number of rotatable bonds is 8. The zero-order chi connectivity index (χ0) is 15.5. The SMILES string of the molecule is C=CCCCN(C)C(=NCc1ccccc1OC)NCC. The number of nitrogens with one attached hydrogen (secondary N) is 1. The van der Waals surface area contributed by atoms with Gasteiger partial charge in [-0.2, -0.15) is 0 Å². The van der Waals surface area contributed by atoms with E-state index in [1.54, 1.807) is 7.11 Å². The second-order valence-electron chi connectivity index (χ2n) is 4.83. The highest BCUT2D eigenvalue weighted by atomic mass is 16.5. The molecule has 0 atom stereocenters. The summed E-state index contributed by atoms with van der Waals surface area (Å²) in [7, 11) is 3.75. The minimum atomic E-state index is 0.609. The zero-order valence-corrected chi connectivity index (χ0v) is 13.4. The highest BCUT2D eigenvalue weighted by molar-refractivity contribution is 5.79. The minimum absolute atomic E-state index is 0.609. The van der Waals surface area contributed by atoms with Gasteiger partial charge in [0.15, 0.2) is 5.96 Å². The van der Waals surface area contributed by atoms with Crippen molar-refractivity contribution < 1.29 is 4.74 Å². The molecule has 0 fully saturated rings. The van der Waals surface area contributed by atoms with Crippen LogP contribution in [0, 0.1) is 0 Å². The van der Waals surface area contributed by atoms with Gasteiger partial charge in [0, 0.05) is 25.7 Å². The van der Waals surface area contributed by atoms with E-state index in [9.17, 15) is 0 Å². The molecule has 4 heteroatoms. The molecule has 1 aromatic rings. The maximum absolute atomic E-state index is 5.36. The molecule has 0 aliphatic rings. The highest BCUT2D eigenvalue weighted by Gasteiger charge is 2.06. The van der Waals surface area contributed by atoms with Crippen molar-refractivity contribution in [1.82, 2.24) is 10.2 Å². The van der Waals surface area contributed by atoms with Crippen molar-refractivity contribution in [3.05, 3.63) is 42.5 Å². The van der Waals surface area contributed by atoms with Crippen LogP contribution >= 0.6 is 0 Å². The van der Waals surface area contributed by atoms with Crippen LogP contribution in [0.2, 0.25) is 0 Å². The van der Waals surface area contributed by atoms with E-state index in [1.165, 1.54) is 0 Å². The summed E-state index contributed by atoms with van der Waals surface area (Å²) in [5.41, 5.74) is 1.09. The molecule has 0 aromatic heterocycles. The first-order chi connectivity index (χ1) is 10.2. The van der Waals surface area contributed by atoms with Crippen LogP contribution in [0.25, 0.3) is 0 Å². The monoisotopic (exact) mass is 289 g/mol. The van der Waals surface area contributed by atoms with Crippen LogP contribution in [0.5, 0.6) is 5.75 Å². The predicted molar refractivity (Wildman–Crippen MR) is 89.9 cm³/mol. The van der Waals surface area contributed by atoms with Gasteiger partial charge in [0.25, 0.3) is 0 Å². The van der Waals surface area contributed by atoms with Crippen LogP contribution in [0.1, 0.15) is 25.3 Å². The van der Waals surface area contributed by atoms with Gasteiger partial charge in [-0.15, -0.1) is 6.58 Å². The third kappa shape index (κ3) is 5.90. The van der Waals surface area contributed by atoms with E-state index in [0.717, 1.165) is 43.2 Å². The van der Waals surface area contributed by atoms with E-state index in [4.69, 9.17) is 9.73 Å². The van der Waals surface area contributed by atoms with Crippen molar-refractivity contribution in [1.29, 1.82) is 0 Å². The minimum Gasteiger partial charge on any atom is -0.496 e. The second kappa shape index (κ2) is 9.86. The molecule has 0 unspecified atom stereocenters. The van der Waals surface area contributed by atoms with Crippen molar-refractivity contribution in [3.63, 3.8) is 0 Å². The smallest absolute Gasteiger partial charge is 0.193 e. The van der Waals surface area contributed by atoms with Gasteiger partial charge in [-0.1, -0.05) is 24.3 Å². The average Bonchev–Trinajstić information content (AvgIpc) is 2.51. The number of benzene rings is 1.